The van der Waals surface area contributed by atoms with Crippen molar-refractivity contribution in [2.24, 2.45) is 0 Å². The third-order valence-corrected chi connectivity index (χ3v) is 8.63. The van der Waals surface area contributed by atoms with Crippen molar-refractivity contribution in [3.05, 3.63) is 86.1 Å². The van der Waals surface area contributed by atoms with E-state index in [1.807, 2.05) is 24.0 Å². The average Bonchev–Trinajstić information content (AvgIpc) is 3.60. The number of rotatable bonds is 8. The summed E-state index contributed by atoms with van der Waals surface area (Å²) >= 11 is 8.08. The van der Waals surface area contributed by atoms with E-state index in [1.165, 1.54) is 10.4 Å². The molecule has 3 aromatic rings. The van der Waals surface area contributed by atoms with Crippen LogP contribution in [0.4, 0.5) is 0 Å². The fourth-order valence-electron chi connectivity index (χ4n) is 5.32. The predicted molar refractivity (Wildman–Crippen MR) is 150 cm³/mol. The van der Waals surface area contributed by atoms with Crippen LogP contribution in [0.2, 0.25) is 5.02 Å². The smallest absolute Gasteiger partial charge is 0.255 e. The summed E-state index contributed by atoms with van der Waals surface area (Å²) in [5, 5.41) is 2.45. The van der Waals surface area contributed by atoms with Gasteiger partial charge in [-0.05, 0) is 73.9 Å². The molecule has 0 N–H and O–H groups in total. The molecule has 2 atom stereocenters. The normalized spacial score (nSPS) is 18.8. The van der Waals surface area contributed by atoms with Crippen LogP contribution in [-0.4, -0.2) is 60.6 Å². The standard InChI is InChI=1S/C30H33ClN2O4S/c1-20-9-10-27(21(2)16-20)37-19-26-24-12-15-38-28(24)11-13-33(26)29(34)18-32(17-22-6-5-14-36-22)30(35)23-7-3-4-8-25(23)31/h3-4,7-10,12,15-16,22,26H,5-6,11,13-14,17-19H2,1-2H3/t22-,26+/m1/s1. The zero-order valence-corrected chi connectivity index (χ0v) is 23.4. The number of fused-ring (bicyclic) bond motifs is 1. The Labute approximate surface area is 233 Å². The maximum atomic E-state index is 13.9. The number of aryl methyl sites for hydroxylation is 2. The molecule has 0 bridgehead atoms. The number of hydrogen-bond acceptors (Lipinski definition) is 5. The molecule has 1 aromatic heterocycles. The van der Waals surface area contributed by atoms with Crippen LogP contribution in [-0.2, 0) is 16.0 Å². The quantitative estimate of drug-likeness (QED) is 0.352. The largest absolute Gasteiger partial charge is 0.491 e. The zero-order chi connectivity index (χ0) is 26.6. The molecular formula is C30H33ClN2O4S. The molecule has 5 rings (SSSR count). The Hall–Kier alpha value is -2.87. The van der Waals surface area contributed by atoms with Crippen molar-refractivity contribution in [2.45, 2.75) is 45.3 Å². The van der Waals surface area contributed by atoms with E-state index in [2.05, 4.69) is 24.4 Å². The molecular weight excluding hydrogens is 520 g/mol. The maximum absolute atomic E-state index is 13.9. The Bertz CT molecular complexity index is 1300. The Morgan fingerprint density at radius 3 is 2.79 bits per heavy atom. The Kier molecular flexibility index (Phi) is 8.36. The zero-order valence-electron chi connectivity index (χ0n) is 21.8. The highest BCUT2D eigenvalue weighted by molar-refractivity contribution is 7.10. The van der Waals surface area contributed by atoms with Gasteiger partial charge in [0.15, 0.2) is 0 Å². The first-order chi connectivity index (χ1) is 18.4. The SMILES string of the molecule is Cc1ccc(OC[C@H]2c3ccsc3CCN2C(=O)CN(C[C@H]2CCCO2)C(=O)c2ccccc2Cl)c(C)c1. The van der Waals surface area contributed by atoms with Gasteiger partial charge in [0.2, 0.25) is 5.91 Å². The summed E-state index contributed by atoms with van der Waals surface area (Å²) in [5.41, 5.74) is 3.77. The summed E-state index contributed by atoms with van der Waals surface area (Å²) in [4.78, 5) is 32.2. The molecule has 8 heteroatoms. The molecule has 2 aromatic carbocycles. The molecule has 0 aliphatic carbocycles. The van der Waals surface area contributed by atoms with Gasteiger partial charge in [-0.15, -0.1) is 11.3 Å². The molecule has 200 valence electrons. The summed E-state index contributed by atoms with van der Waals surface area (Å²) < 4.78 is 12.1. The van der Waals surface area contributed by atoms with E-state index in [0.717, 1.165) is 36.1 Å². The van der Waals surface area contributed by atoms with Crippen LogP contribution < -0.4 is 4.74 Å². The molecule has 0 unspecified atom stereocenters. The van der Waals surface area contributed by atoms with Crippen LogP contribution in [0.1, 0.15) is 50.8 Å². The first-order valence-electron chi connectivity index (χ1n) is 13.1. The molecule has 3 heterocycles. The lowest BCUT2D eigenvalue weighted by Gasteiger charge is -2.37. The average molecular weight is 553 g/mol. The van der Waals surface area contributed by atoms with E-state index >= 15 is 0 Å². The number of carbonyl (C=O) groups is 2. The van der Waals surface area contributed by atoms with Crippen molar-refractivity contribution in [1.82, 2.24) is 9.80 Å². The van der Waals surface area contributed by atoms with Crippen LogP contribution in [0.5, 0.6) is 5.75 Å². The minimum Gasteiger partial charge on any atom is -0.491 e. The van der Waals surface area contributed by atoms with Gasteiger partial charge in [0.05, 0.1) is 22.7 Å². The third-order valence-electron chi connectivity index (χ3n) is 7.31. The molecule has 1 saturated heterocycles. The lowest BCUT2D eigenvalue weighted by atomic mass is 10.00. The molecule has 38 heavy (non-hydrogen) atoms. The minimum atomic E-state index is -0.254. The highest BCUT2D eigenvalue weighted by Gasteiger charge is 2.35. The van der Waals surface area contributed by atoms with Gasteiger partial charge < -0.3 is 19.3 Å². The van der Waals surface area contributed by atoms with Crippen molar-refractivity contribution in [2.75, 3.05) is 32.8 Å². The lowest BCUT2D eigenvalue weighted by Crippen LogP contribution is -2.49. The van der Waals surface area contributed by atoms with Crippen LogP contribution in [0.15, 0.2) is 53.9 Å². The van der Waals surface area contributed by atoms with E-state index in [0.29, 0.717) is 36.9 Å². The minimum absolute atomic E-state index is 0.0382. The number of halogens is 1. The molecule has 2 amide bonds. The molecule has 2 aliphatic rings. The van der Waals surface area contributed by atoms with Crippen molar-refractivity contribution < 1.29 is 19.1 Å². The number of benzene rings is 2. The molecule has 6 nitrogen and oxygen atoms in total. The van der Waals surface area contributed by atoms with Gasteiger partial charge in [-0.1, -0.05) is 41.4 Å². The van der Waals surface area contributed by atoms with Crippen molar-refractivity contribution in [3.8, 4) is 5.75 Å². The number of thiophene rings is 1. The van der Waals surface area contributed by atoms with Crippen molar-refractivity contribution >= 4 is 34.8 Å². The topological polar surface area (TPSA) is 59.1 Å². The monoisotopic (exact) mass is 552 g/mol. The number of carbonyl (C=O) groups excluding carboxylic acids is 2. The van der Waals surface area contributed by atoms with Crippen LogP contribution >= 0.6 is 22.9 Å². The van der Waals surface area contributed by atoms with E-state index in [9.17, 15) is 9.59 Å². The highest BCUT2D eigenvalue weighted by Crippen LogP contribution is 2.34. The lowest BCUT2D eigenvalue weighted by molar-refractivity contribution is -0.135. The van der Waals surface area contributed by atoms with Crippen LogP contribution in [0, 0.1) is 13.8 Å². The first kappa shape index (κ1) is 26.7. The summed E-state index contributed by atoms with van der Waals surface area (Å²) in [6, 6.07) is 15.0. The predicted octanol–water partition coefficient (Wildman–Crippen LogP) is 5.84. The highest BCUT2D eigenvalue weighted by atomic mass is 35.5. The van der Waals surface area contributed by atoms with E-state index in [-0.39, 0.29) is 30.5 Å². The third kappa shape index (κ3) is 5.90. The fourth-order valence-corrected chi connectivity index (χ4v) is 6.46. The summed E-state index contributed by atoms with van der Waals surface area (Å²) in [6.07, 6.45) is 2.54. The van der Waals surface area contributed by atoms with Crippen molar-refractivity contribution in [3.63, 3.8) is 0 Å². The maximum Gasteiger partial charge on any atom is 0.255 e. The second kappa shape index (κ2) is 11.9. The Morgan fingerprint density at radius 2 is 2.03 bits per heavy atom. The van der Waals surface area contributed by atoms with E-state index in [4.69, 9.17) is 21.1 Å². The van der Waals surface area contributed by atoms with Crippen LogP contribution in [0.3, 0.4) is 0 Å². The summed E-state index contributed by atoms with van der Waals surface area (Å²) in [5.74, 6) is 0.462. The van der Waals surface area contributed by atoms with Gasteiger partial charge in [0.1, 0.15) is 18.9 Å². The fraction of sp³-hybridized carbons (Fsp3) is 0.400. The van der Waals surface area contributed by atoms with Gasteiger partial charge in [0, 0.05) is 24.6 Å². The van der Waals surface area contributed by atoms with E-state index in [1.54, 1.807) is 40.5 Å². The van der Waals surface area contributed by atoms with Gasteiger partial charge in [-0.2, -0.15) is 0 Å². The molecule has 2 aliphatic heterocycles. The summed E-state index contributed by atoms with van der Waals surface area (Å²) in [6.45, 7) is 6.02. The number of amides is 2. The van der Waals surface area contributed by atoms with Gasteiger partial charge in [0.25, 0.3) is 5.91 Å². The molecule has 0 saturated carbocycles. The molecule has 0 spiro atoms. The van der Waals surface area contributed by atoms with E-state index < -0.39 is 0 Å². The summed E-state index contributed by atoms with van der Waals surface area (Å²) in [7, 11) is 0. The van der Waals surface area contributed by atoms with Gasteiger partial charge >= 0.3 is 0 Å². The second-order valence-electron chi connectivity index (χ2n) is 10.0. The number of hydrogen-bond donors (Lipinski definition) is 0. The Morgan fingerprint density at radius 1 is 1.18 bits per heavy atom. The van der Waals surface area contributed by atoms with Gasteiger partial charge in [-0.25, -0.2) is 0 Å². The number of nitrogens with zero attached hydrogens (tertiary/aromatic N) is 2. The number of ether oxygens (including phenoxy) is 2. The van der Waals surface area contributed by atoms with Crippen LogP contribution in [0.25, 0.3) is 0 Å². The second-order valence-corrected chi connectivity index (χ2v) is 11.4. The molecule has 0 radical (unpaired) electrons. The molecule has 1 fully saturated rings. The Balaban J connectivity index is 1.37. The van der Waals surface area contributed by atoms with Crippen molar-refractivity contribution in [1.29, 1.82) is 0 Å². The first-order valence-corrected chi connectivity index (χ1v) is 14.4. The van der Waals surface area contributed by atoms with Gasteiger partial charge in [-0.3, -0.25) is 9.59 Å².